The molecular weight excluding hydrogens is 511 g/mol. The fourth-order valence-electron chi connectivity index (χ4n) is 4.84. The molecule has 1 N–H and O–H groups in total. The first kappa shape index (κ1) is 27.3. The lowest BCUT2D eigenvalue weighted by Gasteiger charge is -2.25. The van der Waals surface area contributed by atoms with Crippen molar-refractivity contribution in [3.63, 3.8) is 0 Å². The van der Waals surface area contributed by atoms with Crippen LogP contribution in [-0.4, -0.2) is 49.1 Å². The van der Waals surface area contributed by atoms with Gasteiger partial charge in [0.1, 0.15) is 17.4 Å². The lowest BCUT2D eigenvalue weighted by Crippen LogP contribution is -2.34. The third-order valence-corrected chi connectivity index (χ3v) is 7.02. The lowest BCUT2D eigenvalue weighted by atomic mass is 10.2. The molecule has 0 aliphatic rings. The van der Waals surface area contributed by atoms with Crippen molar-refractivity contribution in [3.05, 3.63) is 100 Å². The normalized spacial score (nSPS) is 11.7. The second kappa shape index (κ2) is 12.3. The number of nitrogens with zero attached hydrogens (tertiary/aromatic N) is 5. The van der Waals surface area contributed by atoms with E-state index in [0.29, 0.717) is 41.5 Å². The first-order chi connectivity index (χ1) is 19.4. The molecule has 0 radical (unpaired) electrons. The summed E-state index contributed by atoms with van der Waals surface area (Å²) in [4.78, 5) is 28.3. The maximum absolute atomic E-state index is 13.4. The fraction of sp³-hybridized carbons (Fsp3) is 0.333. The Labute approximate surface area is 231 Å². The number of nitrogens with one attached hydrogen (secondary N) is 1. The summed E-state index contributed by atoms with van der Waals surface area (Å²) in [5, 5.41) is 12.2. The van der Waals surface area contributed by atoms with Crippen molar-refractivity contribution in [3.8, 4) is 0 Å². The molecule has 0 saturated carbocycles. The summed E-state index contributed by atoms with van der Waals surface area (Å²) in [6.07, 6.45) is 3.10. The minimum Gasteiger partial charge on any atom is -0.468 e. The van der Waals surface area contributed by atoms with Gasteiger partial charge < -0.3 is 9.73 Å². The van der Waals surface area contributed by atoms with E-state index < -0.39 is 0 Å². The molecule has 40 heavy (non-hydrogen) atoms. The van der Waals surface area contributed by atoms with Gasteiger partial charge in [0.15, 0.2) is 0 Å². The third-order valence-electron chi connectivity index (χ3n) is 7.02. The molecular formula is C30H33FN6O3. The van der Waals surface area contributed by atoms with E-state index in [0.717, 1.165) is 30.8 Å². The summed E-state index contributed by atoms with van der Waals surface area (Å²) in [5.41, 5.74) is 1.25. The Morgan fingerprint density at radius 3 is 2.62 bits per heavy atom. The van der Waals surface area contributed by atoms with Gasteiger partial charge in [0.05, 0.1) is 30.3 Å². The molecule has 10 heteroatoms. The van der Waals surface area contributed by atoms with Gasteiger partial charge in [0, 0.05) is 32.0 Å². The molecule has 5 rings (SSSR count). The summed E-state index contributed by atoms with van der Waals surface area (Å²) in [6.45, 7) is 6.66. The van der Waals surface area contributed by atoms with E-state index in [1.54, 1.807) is 24.5 Å². The zero-order valence-corrected chi connectivity index (χ0v) is 22.7. The average Bonchev–Trinajstić information content (AvgIpc) is 3.63. The van der Waals surface area contributed by atoms with Crippen LogP contribution in [0.4, 0.5) is 4.39 Å². The van der Waals surface area contributed by atoms with Crippen molar-refractivity contribution >= 4 is 22.6 Å². The number of aromatic nitrogens is 4. The lowest BCUT2D eigenvalue weighted by molar-refractivity contribution is -0.121. The van der Waals surface area contributed by atoms with Gasteiger partial charge in [-0.05, 0) is 62.2 Å². The Hall–Kier alpha value is -4.31. The molecule has 0 saturated heterocycles. The van der Waals surface area contributed by atoms with E-state index in [2.05, 4.69) is 34.3 Å². The Bertz CT molecular complexity index is 1640. The highest BCUT2D eigenvalue weighted by Gasteiger charge is 2.18. The van der Waals surface area contributed by atoms with E-state index in [-0.39, 0.29) is 30.2 Å². The Kier molecular flexibility index (Phi) is 8.35. The molecule has 0 unspecified atom stereocenters. The number of para-hydroxylation sites is 1. The smallest absolute Gasteiger partial charge is 0.263 e. The Morgan fingerprint density at radius 2 is 1.88 bits per heavy atom. The molecule has 0 bridgehead atoms. The molecule has 9 nitrogen and oxygen atoms in total. The van der Waals surface area contributed by atoms with Crippen molar-refractivity contribution in [1.29, 1.82) is 0 Å². The molecule has 0 fully saturated rings. The summed E-state index contributed by atoms with van der Waals surface area (Å²) in [7, 11) is 0. The van der Waals surface area contributed by atoms with Crippen molar-refractivity contribution < 1.29 is 13.6 Å². The number of benzene rings is 2. The molecule has 0 aliphatic heterocycles. The van der Waals surface area contributed by atoms with E-state index in [9.17, 15) is 14.0 Å². The van der Waals surface area contributed by atoms with Crippen molar-refractivity contribution in [2.45, 2.75) is 52.2 Å². The number of furan rings is 1. The van der Waals surface area contributed by atoms with Crippen LogP contribution in [-0.2, 0) is 24.3 Å². The van der Waals surface area contributed by atoms with Crippen LogP contribution in [0.5, 0.6) is 0 Å². The number of rotatable bonds is 12. The predicted molar refractivity (Wildman–Crippen MR) is 150 cm³/mol. The minimum atomic E-state index is -0.339. The van der Waals surface area contributed by atoms with Gasteiger partial charge in [-0.1, -0.05) is 24.3 Å². The van der Waals surface area contributed by atoms with E-state index in [1.807, 2.05) is 34.7 Å². The quantitative estimate of drug-likeness (QED) is 0.237. The molecule has 5 aromatic rings. The highest BCUT2D eigenvalue weighted by molar-refractivity contribution is 5.80. The maximum atomic E-state index is 13.4. The topological polar surface area (TPSA) is 97.7 Å². The van der Waals surface area contributed by atoms with Gasteiger partial charge in [-0.15, -0.1) is 10.2 Å². The highest BCUT2D eigenvalue weighted by atomic mass is 19.1. The van der Waals surface area contributed by atoms with Crippen LogP contribution in [0.3, 0.4) is 0 Å². The average molecular weight is 545 g/mol. The van der Waals surface area contributed by atoms with Crippen LogP contribution in [0.25, 0.3) is 16.7 Å². The zero-order chi connectivity index (χ0) is 28.1. The minimum absolute atomic E-state index is 0.0668. The van der Waals surface area contributed by atoms with Crippen LogP contribution < -0.4 is 10.9 Å². The van der Waals surface area contributed by atoms with E-state index >= 15 is 0 Å². The number of hydrogen-bond donors (Lipinski definition) is 1. The van der Waals surface area contributed by atoms with Crippen LogP contribution >= 0.6 is 0 Å². The zero-order valence-electron chi connectivity index (χ0n) is 22.7. The van der Waals surface area contributed by atoms with Crippen LogP contribution in [0.1, 0.15) is 43.8 Å². The summed E-state index contributed by atoms with van der Waals surface area (Å²) in [5.74, 6) is 1.50. The standard InChI is InChI=1S/C30H33FN6O3/c1-21(2)35(20-24-7-5-18-40-24)17-6-16-32-28(38)15-14-27-33-34-30-36(19-22-10-12-23(31)13-11-22)29(39)25-8-3-4-9-26(25)37(27)30/h3-5,7-13,18,21H,6,14-17,19-20H2,1-2H3,(H,32,38). The number of aryl methyl sites for hydroxylation is 1. The monoisotopic (exact) mass is 544 g/mol. The number of halogens is 1. The van der Waals surface area contributed by atoms with Crippen molar-refractivity contribution in [2.75, 3.05) is 13.1 Å². The van der Waals surface area contributed by atoms with Crippen molar-refractivity contribution in [2.24, 2.45) is 0 Å². The van der Waals surface area contributed by atoms with E-state index in [1.165, 1.54) is 16.7 Å². The molecule has 0 spiro atoms. The highest BCUT2D eigenvalue weighted by Crippen LogP contribution is 2.17. The number of fused-ring (bicyclic) bond motifs is 3. The molecule has 3 aromatic heterocycles. The number of hydrogen-bond acceptors (Lipinski definition) is 6. The third kappa shape index (κ3) is 6.12. The molecule has 3 heterocycles. The second-order valence-electron chi connectivity index (χ2n) is 10.1. The predicted octanol–water partition coefficient (Wildman–Crippen LogP) is 4.17. The largest absolute Gasteiger partial charge is 0.468 e. The fourth-order valence-corrected chi connectivity index (χ4v) is 4.84. The molecule has 0 aliphatic carbocycles. The van der Waals surface area contributed by atoms with Gasteiger partial charge in [-0.2, -0.15) is 0 Å². The van der Waals surface area contributed by atoms with Crippen LogP contribution in [0.15, 0.2) is 76.1 Å². The van der Waals surface area contributed by atoms with Gasteiger partial charge >= 0.3 is 0 Å². The number of carbonyl (C=O) groups excluding carboxylic acids is 1. The molecule has 0 atom stereocenters. The van der Waals surface area contributed by atoms with Gasteiger partial charge in [0.2, 0.25) is 11.7 Å². The Morgan fingerprint density at radius 1 is 1.07 bits per heavy atom. The van der Waals surface area contributed by atoms with E-state index in [4.69, 9.17) is 4.42 Å². The number of amides is 1. The second-order valence-corrected chi connectivity index (χ2v) is 10.1. The first-order valence-electron chi connectivity index (χ1n) is 13.5. The SMILES string of the molecule is CC(C)N(CCCNC(=O)CCc1nnc2n(Cc3ccc(F)cc3)c(=O)c3ccccc3n12)Cc1ccco1. The number of carbonyl (C=O) groups is 1. The summed E-state index contributed by atoms with van der Waals surface area (Å²) >= 11 is 0. The molecule has 208 valence electrons. The maximum Gasteiger partial charge on any atom is 0.263 e. The van der Waals surface area contributed by atoms with Gasteiger partial charge in [-0.3, -0.25) is 23.5 Å². The molecule has 1 amide bonds. The van der Waals surface area contributed by atoms with Gasteiger partial charge in [0.25, 0.3) is 5.56 Å². The summed E-state index contributed by atoms with van der Waals surface area (Å²) < 4.78 is 22.3. The Balaban J connectivity index is 1.25. The van der Waals surface area contributed by atoms with Gasteiger partial charge in [-0.25, -0.2) is 4.39 Å². The van der Waals surface area contributed by atoms with Crippen LogP contribution in [0.2, 0.25) is 0 Å². The first-order valence-corrected chi connectivity index (χ1v) is 13.5. The van der Waals surface area contributed by atoms with Crippen LogP contribution in [0, 0.1) is 5.82 Å². The van der Waals surface area contributed by atoms with Crippen molar-refractivity contribution in [1.82, 2.24) is 29.4 Å². The summed E-state index contributed by atoms with van der Waals surface area (Å²) in [6, 6.07) is 17.5. The molecule has 2 aromatic carbocycles.